The van der Waals surface area contributed by atoms with Crippen molar-refractivity contribution in [2.75, 3.05) is 44.3 Å². The number of fused-ring (bicyclic) bond motifs is 1. The van der Waals surface area contributed by atoms with Crippen molar-refractivity contribution in [3.63, 3.8) is 0 Å². The maximum absolute atomic E-state index is 13.3. The minimum absolute atomic E-state index is 0. The zero-order valence-corrected chi connectivity index (χ0v) is 19.4. The molecule has 1 aliphatic rings. The quantitative estimate of drug-likeness (QED) is 0.468. The van der Waals surface area contributed by atoms with Crippen molar-refractivity contribution in [1.29, 1.82) is 0 Å². The zero-order chi connectivity index (χ0) is 20.2. The van der Waals surface area contributed by atoms with Crippen molar-refractivity contribution >= 4 is 68.2 Å². The lowest BCUT2D eigenvalue weighted by Crippen LogP contribution is -2.39. The van der Waals surface area contributed by atoms with E-state index in [4.69, 9.17) is 27.9 Å². The highest BCUT2D eigenvalue weighted by Crippen LogP contribution is 2.33. The van der Waals surface area contributed by atoms with Crippen molar-refractivity contribution in [1.82, 2.24) is 9.88 Å². The van der Waals surface area contributed by atoms with Crippen LogP contribution >= 0.6 is 46.9 Å². The Kier molecular flexibility index (Phi) is 8.34. The fraction of sp³-hybridized carbons (Fsp3) is 0.333. The fourth-order valence-corrected chi connectivity index (χ4v) is 4.74. The molecule has 3 aromatic rings. The number of thiazole rings is 1. The lowest BCUT2D eigenvalue weighted by Gasteiger charge is -2.27. The molecule has 0 unspecified atom stereocenters. The lowest BCUT2D eigenvalue weighted by atomic mass is 10.2. The minimum atomic E-state index is -0.0844. The largest absolute Gasteiger partial charge is 0.379 e. The molecule has 30 heavy (non-hydrogen) atoms. The summed E-state index contributed by atoms with van der Waals surface area (Å²) in [7, 11) is 0. The van der Waals surface area contributed by atoms with Crippen LogP contribution in [0.25, 0.3) is 10.2 Å². The molecule has 2 heterocycles. The molecular formula is C21H22Cl3N3O2S. The van der Waals surface area contributed by atoms with Crippen LogP contribution in [-0.4, -0.2) is 55.2 Å². The SMILES string of the molecule is Cl.O=C(c1ccc(Cl)cc1)N(CCCN1CCOCC1)c1nc2c(Cl)cccc2s1. The van der Waals surface area contributed by atoms with Crippen LogP contribution in [0.4, 0.5) is 5.13 Å². The van der Waals surface area contributed by atoms with Crippen molar-refractivity contribution in [3.8, 4) is 0 Å². The molecule has 0 bridgehead atoms. The van der Waals surface area contributed by atoms with Gasteiger partial charge in [-0.15, -0.1) is 12.4 Å². The Morgan fingerprint density at radius 1 is 1.13 bits per heavy atom. The van der Waals surface area contributed by atoms with Gasteiger partial charge >= 0.3 is 0 Å². The molecule has 9 heteroatoms. The van der Waals surface area contributed by atoms with Crippen LogP contribution in [0.1, 0.15) is 16.8 Å². The molecule has 0 atom stereocenters. The number of anilines is 1. The standard InChI is InChI=1S/C21H21Cl2N3O2S.ClH/c22-16-7-5-15(6-8-16)20(27)26(10-2-9-25-11-13-28-14-12-25)21-24-19-17(23)3-1-4-18(19)29-21;/h1,3-8H,2,9-14H2;1H. The number of rotatable bonds is 6. The van der Waals surface area contributed by atoms with Crippen molar-refractivity contribution < 1.29 is 9.53 Å². The van der Waals surface area contributed by atoms with Gasteiger partial charge in [0.25, 0.3) is 5.91 Å². The molecule has 0 spiro atoms. The second-order valence-electron chi connectivity index (χ2n) is 6.85. The van der Waals surface area contributed by atoms with E-state index in [9.17, 15) is 4.79 Å². The normalized spacial score (nSPS) is 14.5. The summed E-state index contributed by atoms with van der Waals surface area (Å²) < 4.78 is 6.38. The Labute approximate surface area is 195 Å². The van der Waals surface area contributed by atoms with Gasteiger partial charge in [-0.3, -0.25) is 14.6 Å². The molecule has 1 amide bonds. The van der Waals surface area contributed by atoms with E-state index in [0.29, 0.717) is 27.3 Å². The summed E-state index contributed by atoms with van der Waals surface area (Å²) in [6.07, 6.45) is 0.850. The first-order chi connectivity index (χ1) is 14.1. The molecular weight excluding hydrogens is 465 g/mol. The number of benzene rings is 2. The van der Waals surface area contributed by atoms with E-state index < -0.39 is 0 Å². The summed E-state index contributed by atoms with van der Waals surface area (Å²) in [5.74, 6) is -0.0844. The lowest BCUT2D eigenvalue weighted by molar-refractivity contribution is 0.0376. The van der Waals surface area contributed by atoms with Crippen molar-refractivity contribution in [3.05, 3.63) is 58.1 Å². The van der Waals surface area contributed by atoms with Crippen molar-refractivity contribution in [2.24, 2.45) is 0 Å². The average molecular weight is 487 g/mol. The predicted molar refractivity (Wildman–Crippen MR) is 127 cm³/mol. The Morgan fingerprint density at radius 2 is 1.87 bits per heavy atom. The monoisotopic (exact) mass is 485 g/mol. The van der Waals surface area contributed by atoms with E-state index in [-0.39, 0.29) is 18.3 Å². The first-order valence-electron chi connectivity index (χ1n) is 9.54. The van der Waals surface area contributed by atoms with Gasteiger partial charge in [0, 0.05) is 36.8 Å². The average Bonchev–Trinajstić information content (AvgIpc) is 3.17. The number of nitrogens with zero attached hydrogens (tertiary/aromatic N) is 3. The third-order valence-corrected chi connectivity index (χ3v) is 6.49. The first-order valence-corrected chi connectivity index (χ1v) is 11.1. The number of morpholine rings is 1. The highest BCUT2D eigenvalue weighted by Gasteiger charge is 2.22. The number of amides is 1. The van der Waals surface area contributed by atoms with Crippen LogP contribution < -0.4 is 4.90 Å². The van der Waals surface area contributed by atoms with Gasteiger partial charge in [-0.25, -0.2) is 4.98 Å². The van der Waals surface area contributed by atoms with Crippen LogP contribution in [0, 0.1) is 0 Å². The van der Waals surface area contributed by atoms with Gasteiger partial charge in [-0.1, -0.05) is 40.6 Å². The summed E-state index contributed by atoms with van der Waals surface area (Å²) in [5.41, 5.74) is 1.32. The van der Waals surface area contributed by atoms with Gasteiger partial charge in [0.15, 0.2) is 5.13 Å². The molecule has 0 radical (unpaired) electrons. The number of ether oxygens (including phenoxy) is 1. The van der Waals surface area contributed by atoms with E-state index in [1.165, 1.54) is 11.3 Å². The van der Waals surface area contributed by atoms with E-state index in [2.05, 4.69) is 9.88 Å². The number of carbonyl (C=O) groups excluding carboxylic acids is 1. The number of halogens is 3. The van der Waals surface area contributed by atoms with Crippen LogP contribution in [0.5, 0.6) is 0 Å². The minimum Gasteiger partial charge on any atom is -0.379 e. The highest BCUT2D eigenvalue weighted by molar-refractivity contribution is 7.22. The molecule has 1 fully saturated rings. The van der Waals surface area contributed by atoms with Crippen LogP contribution in [-0.2, 0) is 4.74 Å². The fourth-order valence-electron chi connectivity index (χ4n) is 3.33. The van der Waals surface area contributed by atoms with Crippen LogP contribution in [0.2, 0.25) is 10.0 Å². The molecule has 5 nitrogen and oxygen atoms in total. The van der Waals surface area contributed by atoms with E-state index in [1.54, 1.807) is 29.2 Å². The molecule has 1 aromatic heterocycles. The van der Waals surface area contributed by atoms with E-state index >= 15 is 0 Å². The smallest absolute Gasteiger partial charge is 0.260 e. The number of hydrogen-bond donors (Lipinski definition) is 0. The van der Waals surface area contributed by atoms with E-state index in [0.717, 1.165) is 49.5 Å². The maximum Gasteiger partial charge on any atom is 0.260 e. The van der Waals surface area contributed by atoms with Gasteiger partial charge in [0.05, 0.1) is 22.9 Å². The molecule has 1 saturated heterocycles. The molecule has 4 rings (SSSR count). The first kappa shape index (κ1) is 23.3. The van der Waals surface area contributed by atoms with Crippen molar-refractivity contribution in [2.45, 2.75) is 6.42 Å². The van der Waals surface area contributed by atoms with Crippen LogP contribution in [0.15, 0.2) is 42.5 Å². The number of hydrogen-bond acceptors (Lipinski definition) is 5. The van der Waals surface area contributed by atoms with Gasteiger partial charge in [0.1, 0.15) is 5.52 Å². The second-order valence-corrected chi connectivity index (χ2v) is 8.71. The van der Waals surface area contributed by atoms with Gasteiger partial charge in [-0.2, -0.15) is 0 Å². The Hall–Kier alpha value is -1.41. The van der Waals surface area contributed by atoms with Gasteiger partial charge in [-0.05, 0) is 42.8 Å². The molecule has 0 aliphatic carbocycles. The molecule has 160 valence electrons. The highest BCUT2D eigenvalue weighted by atomic mass is 35.5. The summed E-state index contributed by atoms with van der Waals surface area (Å²) in [4.78, 5) is 22.1. The van der Waals surface area contributed by atoms with Gasteiger partial charge in [0.2, 0.25) is 0 Å². The summed E-state index contributed by atoms with van der Waals surface area (Å²) >= 11 is 13.8. The van der Waals surface area contributed by atoms with Crippen LogP contribution in [0.3, 0.4) is 0 Å². The third-order valence-electron chi connectivity index (χ3n) is 4.89. The van der Waals surface area contributed by atoms with Gasteiger partial charge < -0.3 is 4.74 Å². The zero-order valence-electron chi connectivity index (χ0n) is 16.2. The molecule has 2 aromatic carbocycles. The summed E-state index contributed by atoms with van der Waals surface area (Å²) in [5, 5.41) is 1.86. The number of para-hydroxylation sites is 1. The predicted octanol–water partition coefficient (Wildman–Crippen LogP) is 5.39. The summed E-state index contributed by atoms with van der Waals surface area (Å²) in [6, 6.07) is 12.7. The topological polar surface area (TPSA) is 45.7 Å². The summed E-state index contributed by atoms with van der Waals surface area (Å²) in [6.45, 7) is 4.90. The molecule has 1 aliphatic heterocycles. The molecule has 0 saturated carbocycles. The Bertz CT molecular complexity index is 991. The van der Waals surface area contributed by atoms with E-state index in [1.807, 2.05) is 18.2 Å². The number of carbonyl (C=O) groups is 1. The maximum atomic E-state index is 13.3. The second kappa shape index (κ2) is 10.8. The molecule has 0 N–H and O–H groups in total. The third kappa shape index (κ3) is 5.44. The Balaban J connectivity index is 0.00000256. The Morgan fingerprint density at radius 3 is 2.57 bits per heavy atom. The number of aromatic nitrogens is 1.